The van der Waals surface area contributed by atoms with Crippen LogP contribution in [0.25, 0.3) is 11.5 Å². The molecule has 0 radical (unpaired) electrons. The van der Waals surface area contributed by atoms with Gasteiger partial charge in [0.2, 0.25) is 15.9 Å². The lowest BCUT2D eigenvalue weighted by Gasteiger charge is -2.19. The molecular weight excluding hydrogens is 382 g/mol. The van der Waals surface area contributed by atoms with Crippen molar-refractivity contribution in [3.8, 4) is 11.5 Å². The molecule has 0 atom stereocenters. The second-order valence-electron chi connectivity index (χ2n) is 6.81. The highest BCUT2D eigenvalue weighted by Gasteiger charge is 2.23. The fraction of sp³-hybridized carbons (Fsp3) is 0.579. The summed E-state index contributed by atoms with van der Waals surface area (Å²) in [5.41, 5.74) is 0.625. The van der Waals surface area contributed by atoms with Crippen LogP contribution < -0.4 is 0 Å². The summed E-state index contributed by atoms with van der Waals surface area (Å²) in [7, 11) is -3.51. The summed E-state index contributed by atoms with van der Waals surface area (Å²) in [6, 6.07) is 6.72. The van der Waals surface area contributed by atoms with Crippen molar-refractivity contribution in [2.24, 2.45) is 5.92 Å². The first-order valence-corrected chi connectivity index (χ1v) is 12.0. The van der Waals surface area contributed by atoms with Crippen LogP contribution in [0.5, 0.6) is 0 Å². The van der Waals surface area contributed by atoms with Crippen molar-refractivity contribution in [1.82, 2.24) is 14.5 Å². The first-order chi connectivity index (χ1) is 13.0. The van der Waals surface area contributed by atoms with E-state index in [4.69, 9.17) is 4.42 Å². The zero-order valence-electron chi connectivity index (χ0n) is 15.9. The summed E-state index contributed by atoms with van der Waals surface area (Å²) in [5.74, 6) is 2.08. The van der Waals surface area contributed by atoms with Gasteiger partial charge in [0, 0.05) is 24.4 Å². The fourth-order valence-corrected chi connectivity index (χ4v) is 5.88. The van der Waals surface area contributed by atoms with E-state index in [1.165, 1.54) is 36.4 Å². The average molecular weight is 410 g/mol. The Balaban J connectivity index is 1.73. The van der Waals surface area contributed by atoms with Crippen molar-refractivity contribution >= 4 is 21.8 Å². The first kappa shape index (κ1) is 20.4. The number of nitrogens with zero attached hydrogens (tertiary/aromatic N) is 3. The normalized spacial score (nSPS) is 16.1. The van der Waals surface area contributed by atoms with Crippen molar-refractivity contribution < 1.29 is 12.8 Å². The van der Waals surface area contributed by atoms with E-state index in [2.05, 4.69) is 10.2 Å². The van der Waals surface area contributed by atoms with Crippen molar-refractivity contribution in [1.29, 1.82) is 0 Å². The lowest BCUT2D eigenvalue weighted by Crippen LogP contribution is -2.30. The summed E-state index contributed by atoms with van der Waals surface area (Å²) in [4.78, 5) is 0.248. The number of benzene rings is 1. The smallest absolute Gasteiger partial charge is 0.276 e. The summed E-state index contributed by atoms with van der Waals surface area (Å²) >= 11 is 1.60. The molecule has 1 aromatic carbocycles. The second-order valence-corrected chi connectivity index (χ2v) is 9.71. The number of hydrogen-bond acceptors (Lipinski definition) is 6. The number of thioether (sulfide) groups is 1. The van der Waals surface area contributed by atoms with Crippen molar-refractivity contribution in [2.75, 3.05) is 18.8 Å². The Morgan fingerprint density at radius 3 is 2.59 bits per heavy atom. The molecule has 1 aromatic heterocycles. The third-order valence-corrected chi connectivity index (χ3v) is 8.09. The van der Waals surface area contributed by atoms with Gasteiger partial charge in [0.25, 0.3) is 5.22 Å². The lowest BCUT2D eigenvalue weighted by molar-refractivity contribution is 0.389. The Bertz CT molecular complexity index is 841. The molecule has 0 amide bonds. The third kappa shape index (κ3) is 4.92. The van der Waals surface area contributed by atoms with Gasteiger partial charge in [-0.15, -0.1) is 10.2 Å². The summed E-state index contributed by atoms with van der Waals surface area (Å²) in [6.07, 6.45) is 6.53. The fourth-order valence-electron chi connectivity index (χ4n) is 3.43. The quantitative estimate of drug-likeness (QED) is 0.600. The van der Waals surface area contributed by atoms with Gasteiger partial charge >= 0.3 is 0 Å². The van der Waals surface area contributed by atoms with Crippen molar-refractivity contribution in [3.63, 3.8) is 0 Å². The minimum absolute atomic E-state index is 0.248. The highest BCUT2D eigenvalue weighted by atomic mass is 32.2. The van der Waals surface area contributed by atoms with Gasteiger partial charge in [0.15, 0.2) is 0 Å². The van der Waals surface area contributed by atoms with Crippen LogP contribution in [0, 0.1) is 5.92 Å². The highest BCUT2D eigenvalue weighted by molar-refractivity contribution is 7.99. The van der Waals surface area contributed by atoms with E-state index >= 15 is 0 Å². The second kappa shape index (κ2) is 9.21. The molecule has 1 aliphatic carbocycles. The monoisotopic (exact) mass is 409 g/mol. The van der Waals surface area contributed by atoms with Crippen LogP contribution in [0.1, 0.15) is 46.0 Å². The summed E-state index contributed by atoms with van der Waals surface area (Å²) < 4.78 is 32.6. The van der Waals surface area contributed by atoms with Crippen LogP contribution in [0.15, 0.2) is 38.8 Å². The zero-order valence-corrected chi connectivity index (χ0v) is 17.6. The minimum Gasteiger partial charge on any atom is -0.411 e. The molecule has 8 heteroatoms. The van der Waals surface area contributed by atoms with Crippen LogP contribution in [0.2, 0.25) is 0 Å². The van der Waals surface area contributed by atoms with Gasteiger partial charge in [-0.2, -0.15) is 4.31 Å². The lowest BCUT2D eigenvalue weighted by atomic mass is 9.91. The SMILES string of the molecule is CCN(CC)S(=O)(=O)c1cccc(-c2nnc(SCC3CCCCC3)o2)c1. The van der Waals surface area contributed by atoms with E-state index in [1.807, 2.05) is 13.8 Å². The van der Waals surface area contributed by atoms with Crippen LogP contribution in [0.4, 0.5) is 0 Å². The molecule has 0 aliphatic heterocycles. The van der Waals surface area contributed by atoms with Gasteiger partial charge < -0.3 is 4.42 Å². The average Bonchev–Trinajstić information content (AvgIpc) is 3.17. The Morgan fingerprint density at radius 2 is 1.89 bits per heavy atom. The Hall–Kier alpha value is -1.38. The number of hydrogen-bond donors (Lipinski definition) is 0. The predicted octanol–water partition coefficient (Wildman–Crippen LogP) is 4.44. The van der Waals surface area contributed by atoms with E-state index in [0.717, 1.165) is 11.7 Å². The van der Waals surface area contributed by atoms with Crippen molar-refractivity contribution in [3.05, 3.63) is 24.3 Å². The molecule has 0 bridgehead atoms. The molecule has 0 N–H and O–H groups in total. The van der Waals surface area contributed by atoms with Gasteiger partial charge in [-0.3, -0.25) is 0 Å². The molecule has 0 saturated heterocycles. The molecule has 148 valence electrons. The molecule has 0 spiro atoms. The predicted molar refractivity (Wildman–Crippen MR) is 107 cm³/mol. The standard InChI is InChI=1S/C19H27N3O3S2/c1-3-22(4-2)27(23,24)17-12-8-11-16(13-17)18-20-21-19(25-18)26-14-15-9-6-5-7-10-15/h8,11-13,15H,3-7,9-10,14H2,1-2H3. The van der Waals surface area contributed by atoms with Crippen LogP contribution in [-0.2, 0) is 10.0 Å². The van der Waals surface area contributed by atoms with Crippen molar-refractivity contribution in [2.45, 2.75) is 56.1 Å². The van der Waals surface area contributed by atoms with Gasteiger partial charge in [-0.1, -0.05) is 50.9 Å². The Labute approximate surface area is 165 Å². The summed E-state index contributed by atoms with van der Waals surface area (Å²) in [5, 5.41) is 8.78. The van der Waals surface area contributed by atoms with E-state index in [-0.39, 0.29) is 4.90 Å². The summed E-state index contributed by atoms with van der Waals surface area (Å²) in [6.45, 7) is 4.54. The Kier molecular flexibility index (Phi) is 6.94. The maximum atomic E-state index is 12.7. The molecule has 1 fully saturated rings. The molecule has 3 rings (SSSR count). The van der Waals surface area contributed by atoms with Gasteiger partial charge in [-0.05, 0) is 37.0 Å². The molecule has 0 unspecified atom stereocenters. The maximum Gasteiger partial charge on any atom is 0.276 e. The van der Waals surface area contributed by atoms with Gasteiger partial charge in [0.05, 0.1) is 4.90 Å². The molecule has 27 heavy (non-hydrogen) atoms. The number of rotatable bonds is 8. The minimum atomic E-state index is -3.51. The zero-order chi connectivity index (χ0) is 19.3. The first-order valence-electron chi connectivity index (χ1n) is 9.61. The van der Waals surface area contributed by atoms with E-state index < -0.39 is 10.0 Å². The van der Waals surface area contributed by atoms with Crippen LogP contribution >= 0.6 is 11.8 Å². The topological polar surface area (TPSA) is 76.3 Å². The molecule has 6 nitrogen and oxygen atoms in total. The molecule has 1 saturated carbocycles. The number of sulfonamides is 1. The molecule has 1 aliphatic rings. The van der Waals surface area contributed by atoms with E-state index in [0.29, 0.717) is 29.8 Å². The molecular formula is C19H27N3O3S2. The molecule has 2 aromatic rings. The van der Waals surface area contributed by atoms with Gasteiger partial charge in [0.1, 0.15) is 0 Å². The van der Waals surface area contributed by atoms with Gasteiger partial charge in [-0.25, -0.2) is 8.42 Å². The van der Waals surface area contributed by atoms with E-state index in [1.54, 1.807) is 36.0 Å². The third-order valence-electron chi connectivity index (χ3n) is 5.00. The Morgan fingerprint density at radius 1 is 1.15 bits per heavy atom. The highest BCUT2D eigenvalue weighted by Crippen LogP contribution is 2.31. The largest absolute Gasteiger partial charge is 0.411 e. The van der Waals surface area contributed by atoms with Crippen LogP contribution in [0.3, 0.4) is 0 Å². The van der Waals surface area contributed by atoms with Crippen LogP contribution in [-0.4, -0.2) is 41.8 Å². The number of aromatic nitrogens is 2. The van der Waals surface area contributed by atoms with E-state index in [9.17, 15) is 8.42 Å². The maximum absolute atomic E-state index is 12.7. The molecule has 1 heterocycles.